The summed E-state index contributed by atoms with van der Waals surface area (Å²) < 4.78 is 13.5. The van der Waals surface area contributed by atoms with Gasteiger partial charge in [0.1, 0.15) is 5.82 Å². The summed E-state index contributed by atoms with van der Waals surface area (Å²) >= 11 is 12.0. The zero-order valence-electron chi connectivity index (χ0n) is 13.4. The topological polar surface area (TPSA) is 44.4 Å². The zero-order chi connectivity index (χ0) is 17.8. The SMILES string of the molecule is O=C(CN1CCNCC1c1cccc(F)c1)Nc1cc(Cl)ccc1Cl. The van der Waals surface area contributed by atoms with Gasteiger partial charge < -0.3 is 10.6 Å². The molecule has 132 valence electrons. The molecule has 1 aliphatic rings. The Hall–Kier alpha value is -1.66. The van der Waals surface area contributed by atoms with Gasteiger partial charge in [-0.2, -0.15) is 0 Å². The van der Waals surface area contributed by atoms with Crippen molar-refractivity contribution >= 4 is 34.8 Å². The fraction of sp³-hybridized carbons (Fsp3) is 0.278. The molecule has 1 fully saturated rings. The summed E-state index contributed by atoms with van der Waals surface area (Å²) in [4.78, 5) is 14.5. The van der Waals surface area contributed by atoms with Gasteiger partial charge in [-0.05, 0) is 35.9 Å². The molecule has 2 N–H and O–H groups in total. The first-order chi connectivity index (χ1) is 12.0. The highest BCUT2D eigenvalue weighted by Gasteiger charge is 2.26. The summed E-state index contributed by atoms with van der Waals surface area (Å²) in [5.74, 6) is -0.467. The van der Waals surface area contributed by atoms with E-state index in [9.17, 15) is 9.18 Å². The first kappa shape index (κ1) is 18.1. The molecular formula is C18H18Cl2FN3O. The zero-order valence-corrected chi connectivity index (χ0v) is 14.9. The minimum atomic E-state index is -0.279. The fourth-order valence-corrected chi connectivity index (χ4v) is 3.28. The van der Waals surface area contributed by atoms with E-state index in [0.29, 0.717) is 28.8 Å². The van der Waals surface area contributed by atoms with Crippen molar-refractivity contribution in [2.45, 2.75) is 6.04 Å². The van der Waals surface area contributed by atoms with Crippen LogP contribution in [0.3, 0.4) is 0 Å². The summed E-state index contributed by atoms with van der Waals surface area (Å²) in [6.45, 7) is 2.31. The van der Waals surface area contributed by atoms with Crippen LogP contribution in [-0.4, -0.2) is 37.0 Å². The number of amides is 1. The van der Waals surface area contributed by atoms with Crippen molar-refractivity contribution in [2.24, 2.45) is 0 Å². The molecule has 0 aliphatic carbocycles. The average molecular weight is 382 g/mol. The second kappa shape index (κ2) is 8.15. The van der Waals surface area contributed by atoms with Crippen molar-refractivity contribution < 1.29 is 9.18 Å². The Balaban J connectivity index is 1.71. The first-order valence-corrected chi connectivity index (χ1v) is 8.73. The maximum Gasteiger partial charge on any atom is 0.238 e. The van der Waals surface area contributed by atoms with Crippen LogP contribution in [0.2, 0.25) is 10.0 Å². The van der Waals surface area contributed by atoms with Crippen LogP contribution in [0.1, 0.15) is 11.6 Å². The normalized spacial score (nSPS) is 18.1. The smallest absolute Gasteiger partial charge is 0.238 e. The number of nitrogens with zero attached hydrogens (tertiary/aromatic N) is 1. The summed E-state index contributed by atoms with van der Waals surface area (Å²) in [5, 5.41) is 7.01. The molecule has 0 bridgehead atoms. The van der Waals surface area contributed by atoms with Gasteiger partial charge in [0.15, 0.2) is 0 Å². The molecule has 1 unspecified atom stereocenters. The van der Waals surface area contributed by atoms with Crippen LogP contribution in [0.15, 0.2) is 42.5 Å². The van der Waals surface area contributed by atoms with E-state index in [1.807, 2.05) is 11.0 Å². The van der Waals surface area contributed by atoms with Crippen molar-refractivity contribution in [3.63, 3.8) is 0 Å². The van der Waals surface area contributed by atoms with Crippen molar-refractivity contribution in [3.05, 3.63) is 63.9 Å². The average Bonchev–Trinajstić information content (AvgIpc) is 2.58. The fourth-order valence-electron chi connectivity index (χ4n) is 2.95. The van der Waals surface area contributed by atoms with E-state index in [0.717, 1.165) is 12.1 Å². The number of rotatable bonds is 4. The quantitative estimate of drug-likeness (QED) is 0.847. The van der Waals surface area contributed by atoms with Crippen LogP contribution in [0.25, 0.3) is 0 Å². The molecule has 3 rings (SSSR count). The lowest BCUT2D eigenvalue weighted by molar-refractivity contribution is -0.118. The van der Waals surface area contributed by atoms with E-state index < -0.39 is 0 Å². The Bertz CT molecular complexity index is 772. The monoisotopic (exact) mass is 381 g/mol. The highest BCUT2D eigenvalue weighted by molar-refractivity contribution is 6.35. The third-order valence-corrected chi connectivity index (χ3v) is 4.70. The standard InChI is InChI=1S/C18H18Cl2FN3O/c19-13-4-5-15(20)16(9-13)23-18(25)11-24-7-6-22-10-17(24)12-2-1-3-14(21)8-12/h1-5,8-9,17,22H,6-7,10-11H2,(H,23,25). The van der Waals surface area contributed by atoms with Crippen molar-refractivity contribution in [1.29, 1.82) is 0 Å². The van der Waals surface area contributed by atoms with E-state index >= 15 is 0 Å². The third-order valence-electron chi connectivity index (χ3n) is 4.14. The number of hydrogen-bond donors (Lipinski definition) is 2. The Morgan fingerprint density at radius 2 is 2.12 bits per heavy atom. The number of benzene rings is 2. The van der Waals surface area contributed by atoms with Crippen LogP contribution in [-0.2, 0) is 4.79 Å². The lowest BCUT2D eigenvalue weighted by Gasteiger charge is -2.36. The highest BCUT2D eigenvalue weighted by atomic mass is 35.5. The van der Waals surface area contributed by atoms with Gasteiger partial charge in [0.05, 0.1) is 17.3 Å². The molecule has 1 aliphatic heterocycles. The maximum atomic E-state index is 13.5. The third kappa shape index (κ3) is 4.70. The Morgan fingerprint density at radius 1 is 1.28 bits per heavy atom. The van der Waals surface area contributed by atoms with Gasteiger partial charge >= 0.3 is 0 Å². The summed E-state index contributed by atoms with van der Waals surface area (Å²) in [5.41, 5.74) is 1.33. The van der Waals surface area contributed by atoms with Crippen LogP contribution in [0.5, 0.6) is 0 Å². The minimum absolute atomic E-state index is 0.0648. The lowest BCUT2D eigenvalue weighted by atomic mass is 10.0. The van der Waals surface area contributed by atoms with Crippen LogP contribution < -0.4 is 10.6 Å². The van der Waals surface area contributed by atoms with E-state index in [4.69, 9.17) is 23.2 Å². The van der Waals surface area contributed by atoms with E-state index in [1.54, 1.807) is 24.3 Å². The van der Waals surface area contributed by atoms with Gasteiger partial charge in [-0.25, -0.2) is 4.39 Å². The predicted molar refractivity (Wildman–Crippen MR) is 98.7 cm³/mol. The van der Waals surface area contributed by atoms with Gasteiger partial charge in [-0.3, -0.25) is 9.69 Å². The Morgan fingerprint density at radius 3 is 2.92 bits per heavy atom. The predicted octanol–water partition coefficient (Wildman–Crippen LogP) is 3.72. The summed E-state index contributed by atoms with van der Waals surface area (Å²) in [6.07, 6.45) is 0. The van der Waals surface area contributed by atoms with Crippen molar-refractivity contribution in [3.8, 4) is 0 Å². The van der Waals surface area contributed by atoms with Crippen LogP contribution in [0, 0.1) is 5.82 Å². The number of carbonyl (C=O) groups is 1. The van der Waals surface area contributed by atoms with E-state index in [1.165, 1.54) is 12.1 Å². The minimum Gasteiger partial charge on any atom is -0.324 e. The molecule has 1 saturated heterocycles. The number of nitrogens with one attached hydrogen (secondary N) is 2. The summed E-state index contributed by atoms with van der Waals surface area (Å²) in [6, 6.07) is 11.3. The maximum absolute atomic E-state index is 13.5. The molecule has 7 heteroatoms. The molecule has 1 heterocycles. The van der Waals surface area contributed by atoms with Gasteiger partial charge in [-0.15, -0.1) is 0 Å². The van der Waals surface area contributed by atoms with Gasteiger partial charge in [-0.1, -0.05) is 35.3 Å². The number of hydrogen-bond acceptors (Lipinski definition) is 3. The van der Waals surface area contributed by atoms with Crippen molar-refractivity contribution in [1.82, 2.24) is 10.2 Å². The molecule has 0 spiro atoms. The van der Waals surface area contributed by atoms with Gasteiger partial charge in [0.2, 0.25) is 5.91 Å². The molecule has 4 nitrogen and oxygen atoms in total. The second-order valence-electron chi connectivity index (χ2n) is 5.92. The summed E-state index contributed by atoms with van der Waals surface area (Å²) in [7, 11) is 0. The molecule has 1 atom stereocenters. The Labute approximate surface area is 155 Å². The molecule has 25 heavy (non-hydrogen) atoms. The molecule has 0 aromatic heterocycles. The van der Waals surface area contributed by atoms with Crippen molar-refractivity contribution in [2.75, 3.05) is 31.5 Å². The molecule has 2 aromatic rings. The second-order valence-corrected chi connectivity index (χ2v) is 6.76. The molecule has 2 aromatic carbocycles. The van der Waals surface area contributed by atoms with E-state index in [2.05, 4.69) is 10.6 Å². The van der Waals surface area contributed by atoms with E-state index in [-0.39, 0.29) is 24.3 Å². The van der Waals surface area contributed by atoms with Crippen LogP contribution >= 0.6 is 23.2 Å². The Kier molecular flexibility index (Phi) is 5.91. The highest BCUT2D eigenvalue weighted by Crippen LogP contribution is 2.26. The van der Waals surface area contributed by atoms with Crippen LogP contribution in [0.4, 0.5) is 10.1 Å². The first-order valence-electron chi connectivity index (χ1n) is 7.98. The molecule has 0 radical (unpaired) electrons. The number of halogens is 3. The number of anilines is 1. The van der Waals surface area contributed by atoms with Gasteiger partial charge in [0, 0.05) is 30.7 Å². The molecular weight excluding hydrogens is 364 g/mol. The molecule has 0 saturated carbocycles. The molecule has 1 amide bonds. The number of carbonyl (C=O) groups excluding carboxylic acids is 1. The number of piperazine rings is 1. The largest absolute Gasteiger partial charge is 0.324 e. The van der Waals surface area contributed by atoms with Gasteiger partial charge in [0.25, 0.3) is 0 Å². The lowest BCUT2D eigenvalue weighted by Crippen LogP contribution is -2.48.